The van der Waals surface area contributed by atoms with Crippen molar-refractivity contribution < 1.29 is 24.1 Å². The number of hydrogen-bond acceptors (Lipinski definition) is 3. The first-order valence-electron chi connectivity index (χ1n) is 4.39. The van der Waals surface area contributed by atoms with Crippen molar-refractivity contribution >= 4 is 11.7 Å². The maximum absolute atomic E-state index is 13.3. The molecule has 5 heteroatoms. The Bertz CT molecular complexity index is 517. The Morgan fingerprint density at radius 3 is 2.81 bits per heavy atom. The lowest BCUT2D eigenvalue weighted by atomic mass is 10.1. The van der Waals surface area contributed by atoms with Gasteiger partial charge in [-0.15, -0.1) is 0 Å². The minimum Gasteiger partial charge on any atom is -0.507 e. The Balaban J connectivity index is 2.58. The van der Waals surface area contributed by atoms with Gasteiger partial charge in [0, 0.05) is 0 Å². The molecule has 1 aromatic carbocycles. The average molecular weight is 222 g/mol. The zero-order valence-electron chi connectivity index (χ0n) is 7.98. The molecular formula is C11H7FO4. The van der Waals surface area contributed by atoms with Crippen LogP contribution in [0.25, 0.3) is 5.76 Å². The van der Waals surface area contributed by atoms with Crippen molar-refractivity contribution in [3.05, 3.63) is 47.5 Å². The Morgan fingerprint density at radius 2 is 2.12 bits per heavy atom. The minimum absolute atomic E-state index is 0.118. The van der Waals surface area contributed by atoms with Crippen LogP contribution in [0.1, 0.15) is 5.56 Å². The van der Waals surface area contributed by atoms with Crippen LogP contribution in [0.15, 0.2) is 36.1 Å². The zero-order chi connectivity index (χ0) is 11.7. The highest BCUT2D eigenvalue weighted by Crippen LogP contribution is 2.30. The molecule has 1 aromatic rings. The van der Waals surface area contributed by atoms with Crippen LogP contribution in [-0.2, 0) is 4.79 Å². The van der Waals surface area contributed by atoms with Crippen molar-refractivity contribution in [2.75, 3.05) is 0 Å². The zero-order valence-corrected chi connectivity index (χ0v) is 7.98. The lowest BCUT2D eigenvalue weighted by Gasteiger charge is -2.05. The third-order valence-corrected chi connectivity index (χ3v) is 2.09. The van der Waals surface area contributed by atoms with Gasteiger partial charge in [-0.3, -0.25) is 0 Å². The van der Waals surface area contributed by atoms with Gasteiger partial charge in [-0.25, -0.2) is 9.18 Å². The molecule has 1 heterocycles. The molecule has 0 atom stereocenters. The monoisotopic (exact) mass is 222 g/mol. The van der Waals surface area contributed by atoms with Gasteiger partial charge in [0.05, 0.1) is 11.1 Å². The maximum Gasteiger partial charge on any atom is 0.338 e. The molecule has 0 bridgehead atoms. The molecule has 4 nitrogen and oxygen atoms in total. The second-order valence-electron chi connectivity index (χ2n) is 3.14. The quantitative estimate of drug-likeness (QED) is 0.763. The third kappa shape index (κ3) is 1.63. The summed E-state index contributed by atoms with van der Waals surface area (Å²) in [6.45, 7) is 0. The van der Waals surface area contributed by atoms with Gasteiger partial charge in [0.2, 0.25) is 0 Å². The number of carboxylic acid groups (broad SMARTS) is 1. The highest BCUT2D eigenvalue weighted by atomic mass is 19.1. The molecular weight excluding hydrogens is 215 g/mol. The van der Waals surface area contributed by atoms with Crippen molar-refractivity contribution in [1.29, 1.82) is 0 Å². The fourth-order valence-corrected chi connectivity index (χ4v) is 1.32. The van der Waals surface area contributed by atoms with Crippen molar-refractivity contribution in [3.63, 3.8) is 0 Å². The van der Waals surface area contributed by atoms with E-state index in [9.17, 15) is 14.3 Å². The largest absolute Gasteiger partial charge is 0.507 e. The summed E-state index contributed by atoms with van der Waals surface area (Å²) in [4.78, 5) is 10.7. The SMILES string of the molecule is O=C(O)C1=COc2c(F)cccc2C(O)=C1. The van der Waals surface area contributed by atoms with Crippen LogP contribution in [0.4, 0.5) is 4.39 Å². The van der Waals surface area contributed by atoms with Crippen molar-refractivity contribution in [2.45, 2.75) is 0 Å². The Hall–Kier alpha value is -2.30. The van der Waals surface area contributed by atoms with E-state index in [0.717, 1.165) is 18.4 Å². The molecule has 0 fully saturated rings. The molecule has 0 spiro atoms. The number of fused-ring (bicyclic) bond motifs is 1. The topological polar surface area (TPSA) is 66.8 Å². The number of rotatable bonds is 1. The summed E-state index contributed by atoms with van der Waals surface area (Å²) in [5.41, 5.74) is -0.138. The van der Waals surface area contributed by atoms with Gasteiger partial charge >= 0.3 is 5.97 Å². The number of ether oxygens (including phenoxy) is 1. The number of hydrogen-bond donors (Lipinski definition) is 2. The molecule has 0 unspecified atom stereocenters. The van der Waals surface area contributed by atoms with E-state index < -0.39 is 11.8 Å². The molecule has 1 aliphatic heterocycles. The lowest BCUT2D eigenvalue weighted by molar-refractivity contribution is -0.132. The molecule has 0 amide bonds. The summed E-state index contributed by atoms with van der Waals surface area (Å²) >= 11 is 0. The molecule has 82 valence electrons. The van der Waals surface area contributed by atoms with Gasteiger partial charge in [0.25, 0.3) is 0 Å². The normalized spacial score (nSPS) is 14.1. The summed E-state index contributed by atoms with van der Waals surface area (Å²) in [6, 6.07) is 3.99. The van der Waals surface area contributed by atoms with Crippen molar-refractivity contribution in [1.82, 2.24) is 0 Å². The first-order chi connectivity index (χ1) is 7.59. The Morgan fingerprint density at radius 1 is 1.38 bits per heavy atom. The van der Waals surface area contributed by atoms with E-state index in [1.54, 1.807) is 0 Å². The number of aliphatic hydroxyl groups excluding tert-OH is 1. The number of carboxylic acids is 1. The first kappa shape index (κ1) is 10.2. The van der Waals surface area contributed by atoms with E-state index in [0.29, 0.717) is 0 Å². The summed E-state index contributed by atoms with van der Waals surface area (Å²) < 4.78 is 18.2. The summed E-state index contributed by atoms with van der Waals surface area (Å²) in [7, 11) is 0. The van der Waals surface area contributed by atoms with Gasteiger partial charge in [-0.1, -0.05) is 6.07 Å². The minimum atomic E-state index is -1.26. The van der Waals surface area contributed by atoms with E-state index in [1.165, 1.54) is 12.1 Å². The molecule has 0 saturated heterocycles. The second kappa shape index (κ2) is 3.69. The van der Waals surface area contributed by atoms with Gasteiger partial charge in [0.15, 0.2) is 11.6 Å². The van der Waals surface area contributed by atoms with Crippen molar-refractivity contribution in [3.8, 4) is 5.75 Å². The van der Waals surface area contributed by atoms with E-state index in [2.05, 4.69) is 0 Å². The van der Waals surface area contributed by atoms with Gasteiger partial charge in [-0.2, -0.15) is 0 Å². The van der Waals surface area contributed by atoms with Crippen LogP contribution in [0.2, 0.25) is 0 Å². The van der Waals surface area contributed by atoms with E-state index in [4.69, 9.17) is 9.84 Å². The number of halogens is 1. The Labute approximate surface area is 89.9 Å². The summed E-state index contributed by atoms with van der Waals surface area (Å²) in [5, 5.41) is 18.3. The van der Waals surface area contributed by atoms with Crippen LogP contribution in [0.3, 0.4) is 0 Å². The van der Waals surface area contributed by atoms with E-state index in [1.807, 2.05) is 0 Å². The molecule has 16 heavy (non-hydrogen) atoms. The smallest absolute Gasteiger partial charge is 0.338 e. The van der Waals surface area contributed by atoms with Gasteiger partial charge in [0.1, 0.15) is 12.0 Å². The van der Waals surface area contributed by atoms with Crippen molar-refractivity contribution in [2.24, 2.45) is 0 Å². The maximum atomic E-state index is 13.3. The summed E-state index contributed by atoms with van der Waals surface area (Å²) in [5.74, 6) is -2.46. The predicted molar refractivity (Wildman–Crippen MR) is 53.4 cm³/mol. The fraction of sp³-hybridized carbons (Fsp3) is 0. The van der Waals surface area contributed by atoms with Crippen LogP contribution < -0.4 is 4.74 Å². The van der Waals surface area contributed by atoms with Crippen LogP contribution in [0.5, 0.6) is 5.75 Å². The number of aliphatic carboxylic acids is 1. The highest BCUT2D eigenvalue weighted by Gasteiger charge is 2.18. The molecule has 0 aliphatic carbocycles. The molecule has 0 aromatic heterocycles. The summed E-state index contributed by atoms with van der Waals surface area (Å²) in [6.07, 6.45) is 1.89. The highest BCUT2D eigenvalue weighted by molar-refractivity contribution is 5.92. The third-order valence-electron chi connectivity index (χ3n) is 2.09. The fourth-order valence-electron chi connectivity index (χ4n) is 1.32. The average Bonchev–Trinajstić information content (AvgIpc) is 2.40. The number of aliphatic hydroxyl groups is 1. The molecule has 1 aliphatic rings. The molecule has 0 radical (unpaired) electrons. The van der Waals surface area contributed by atoms with Crippen LogP contribution in [-0.4, -0.2) is 16.2 Å². The molecule has 2 N–H and O–H groups in total. The number of carbonyl (C=O) groups is 1. The van der Waals surface area contributed by atoms with Gasteiger partial charge in [-0.05, 0) is 18.2 Å². The van der Waals surface area contributed by atoms with Gasteiger partial charge < -0.3 is 14.9 Å². The second-order valence-corrected chi connectivity index (χ2v) is 3.14. The number of para-hydroxylation sites is 1. The predicted octanol–water partition coefficient (Wildman–Crippen LogP) is 2.09. The molecule has 2 rings (SSSR count). The van der Waals surface area contributed by atoms with E-state index in [-0.39, 0.29) is 22.6 Å². The van der Waals surface area contributed by atoms with E-state index >= 15 is 0 Å². The standard InChI is InChI=1S/C11H7FO4/c12-8-3-1-2-7-9(13)4-6(11(14)15)5-16-10(7)8/h1-5,13H,(H,14,15). The van der Waals surface area contributed by atoms with Crippen LogP contribution in [0, 0.1) is 5.82 Å². The number of benzene rings is 1. The lowest BCUT2D eigenvalue weighted by Crippen LogP contribution is -1.99. The van der Waals surface area contributed by atoms with Crippen LogP contribution >= 0.6 is 0 Å². The molecule has 0 saturated carbocycles. The Kier molecular flexibility index (Phi) is 2.36. The first-order valence-corrected chi connectivity index (χ1v) is 4.39.